The van der Waals surface area contributed by atoms with Crippen molar-refractivity contribution in [2.24, 2.45) is 0 Å². The van der Waals surface area contributed by atoms with E-state index in [4.69, 9.17) is 18.9 Å². The van der Waals surface area contributed by atoms with Gasteiger partial charge in [-0.3, -0.25) is 14.9 Å². The summed E-state index contributed by atoms with van der Waals surface area (Å²) in [5.41, 5.74) is 3.59. The molecule has 0 aromatic heterocycles. The Hall–Kier alpha value is -4.31. The number of anilines is 2. The SMILES string of the molecule is COCOc1ccc(-c2ccc3c(c2COc2cc([N+](=O)[O-])ccc2C)N(C)C(=O)C(C)(C)N3)c(OC)c1. The standard InChI is InChI=1S/C28H31N3O7/c1-17-7-8-18(31(33)34)13-24(17)37-15-22-20(21-10-9-19(38-16-35-5)14-25(21)36-6)11-12-23-26(22)30(4)27(32)28(2,3)29-23/h7-14,29H,15-16H2,1-6H3. The minimum Gasteiger partial charge on any atom is -0.496 e. The number of carbonyl (C=O) groups excluding carboxylic acids is 1. The Balaban J connectivity index is 1.85. The van der Waals surface area contributed by atoms with Gasteiger partial charge in [0.1, 0.15) is 29.4 Å². The van der Waals surface area contributed by atoms with Gasteiger partial charge in [-0.25, -0.2) is 0 Å². The topological polar surface area (TPSA) is 112 Å². The van der Waals surface area contributed by atoms with Crippen LogP contribution in [0.5, 0.6) is 17.2 Å². The van der Waals surface area contributed by atoms with E-state index in [9.17, 15) is 14.9 Å². The molecule has 10 heteroatoms. The van der Waals surface area contributed by atoms with Crippen molar-refractivity contribution in [2.45, 2.75) is 32.9 Å². The van der Waals surface area contributed by atoms with Crippen LogP contribution in [0, 0.1) is 17.0 Å². The van der Waals surface area contributed by atoms with Crippen LogP contribution >= 0.6 is 0 Å². The number of nitrogens with zero attached hydrogens (tertiary/aromatic N) is 2. The molecule has 1 amide bonds. The highest BCUT2D eigenvalue weighted by Crippen LogP contribution is 2.45. The molecule has 0 aliphatic carbocycles. The van der Waals surface area contributed by atoms with E-state index in [0.717, 1.165) is 27.9 Å². The molecule has 0 bridgehead atoms. The molecule has 3 aromatic rings. The van der Waals surface area contributed by atoms with Crippen molar-refractivity contribution < 1.29 is 28.7 Å². The molecule has 0 radical (unpaired) electrons. The van der Waals surface area contributed by atoms with Crippen molar-refractivity contribution in [1.82, 2.24) is 0 Å². The third-order valence-electron chi connectivity index (χ3n) is 6.47. The van der Waals surface area contributed by atoms with Crippen molar-refractivity contribution >= 4 is 23.0 Å². The first kappa shape index (κ1) is 26.7. The number of hydrogen-bond acceptors (Lipinski definition) is 8. The number of aryl methyl sites for hydroxylation is 1. The van der Waals surface area contributed by atoms with Crippen LogP contribution in [0.25, 0.3) is 11.1 Å². The van der Waals surface area contributed by atoms with Gasteiger partial charge in [0.05, 0.1) is 29.5 Å². The number of rotatable bonds is 9. The number of carbonyl (C=O) groups is 1. The summed E-state index contributed by atoms with van der Waals surface area (Å²) in [6.45, 7) is 5.62. The third kappa shape index (κ3) is 5.08. The van der Waals surface area contributed by atoms with Gasteiger partial charge in [0.15, 0.2) is 6.79 Å². The Kier molecular flexibility index (Phi) is 7.45. The van der Waals surface area contributed by atoms with Gasteiger partial charge in [-0.1, -0.05) is 6.07 Å². The normalized spacial score (nSPS) is 13.9. The van der Waals surface area contributed by atoms with E-state index >= 15 is 0 Å². The largest absolute Gasteiger partial charge is 0.496 e. The van der Waals surface area contributed by atoms with Crippen molar-refractivity contribution in [3.8, 4) is 28.4 Å². The van der Waals surface area contributed by atoms with Crippen molar-refractivity contribution in [3.63, 3.8) is 0 Å². The molecule has 1 aliphatic rings. The summed E-state index contributed by atoms with van der Waals surface area (Å²) in [5.74, 6) is 1.41. The van der Waals surface area contributed by atoms with Gasteiger partial charge in [0.2, 0.25) is 0 Å². The lowest BCUT2D eigenvalue weighted by Crippen LogP contribution is -2.52. The number of non-ortho nitro benzene ring substituents is 1. The predicted octanol–water partition coefficient (Wildman–Crippen LogP) is 5.31. The second kappa shape index (κ2) is 10.6. The van der Waals surface area contributed by atoms with Gasteiger partial charge < -0.3 is 29.2 Å². The molecule has 0 atom stereocenters. The van der Waals surface area contributed by atoms with Gasteiger partial charge in [0.25, 0.3) is 11.6 Å². The maximum Gasteiger partial charge on any atom is 0.273 e. The lowest BCUT2D eigenvalue weighted by Gasteiger charge is -2.39. The number of amides is 1. The molecule has 0 spiro atoms. The van der Waals surface area contributed by atoms with E-state index in [1.54, 1.807) is 38.3 Å². The van der Waals surface area contributed by atoms with Crippen LogP contribution in [0.2, 0.25) is 0 Å². The number of fused-ring (bicyclic) bond motifs is 1. The lowest BCUT2D eigenvalue weighted by molar-refractivity contribution is -0.385. The van der Waals surface area contributed by atoms with Gasteiger partial charge >= 0.3 is 0 Å². The van der Waals surface area contributed by atoms with Crippen LogP contribution < -0.4 is 24.4 Å². The highest BCUT2D eigenvalue weighted by atomic mass is 16.7. The molecular weight excluding hydrogens is 490 g/mol. The fraction of sp³-hybridized carbons (Fsp3) is 0.321. The van der Waals surface area contributed by atoms with Gasteiger partial charge in [0, 0.05) is 37.4 Å². The molecule has 0 fully saturated rings. The Labute approximate surface area is 221 Å². The molecule has 0 saturated heterocycles. The van der Waals surface area contributed by atoms with E-state index in [0.29, 0.717) is 22.9 Å². The fourth-order valence-electron chi connectivity index (χ4n) is 4.55. The molecule has 1 aliphatic heterocycles. The molecule has 1 N–H and O–H groups in total. The number of benzene rings is 3. The van der Waals surface area contributed by atoms with Crippen molar-refractivity contribution in [2.75, 3.05) is 38.3 Å². The Morgan fingerprint density at radius 2 is 1.74 bits per heavy atom. The van der Waals surface area contributed by atoms with Crippen LogP contribution in [-0.4, -0.2) is 44.4 Å². The van der Waals surface area contributed by atoms with E-state index in [-0.39, 0.29) is 25.0 Å². The van der Waals surface area contributed by atoms with E-state index in [1.807, 2.05) is 45.0 Å². The number of hydrogen-bond donors (Lipinski definition) is 1. The lowest BCUT2D eigenvalue weighted by atomic mass is 9.91. The van der Waals surface area contributed by atoms with E-state index in [1.165, 1.54) is 12.1 Å². The summed E-state index contributed by atoms with van der Waals surface area (Å²) in [4.78, 5) is 25.7. The Morgan fingerprint density at radius 3 is 2.42 bits per heavy atom. The summed E-state index contributed by atoms with van der Waals surface area (Å²) in [7, 11) is 4.84. The van der Waals surface area contributed by atoms with E-state index < -0.39 is 10.5 Å². The summed E-state index contributed by atoms with van der Waals surface area (Å²) in [5, 5.41) is 14.7. The summed E-state index contributed by atoms with van der Waals surface area (Å²) in [6, 6.07) is 13.8. The summed E-state index contributed by atoms with van der Waals surface area (Å²) >= 11 is 0. The quantitative estimate of drug-likeness (QED) is 0.229. The zero-order valence-corrected chi connectivity index (χ0v) is 22.3. The first-order valence-electron chi connectivity index (χ1n) is 12.0. The Bertz CT molecular complexity index is 1390. The van der Waals surface area contributed by atoms with Gasteiger partial charge in [-0.15, -0.1) is 0 Å². The number of ether oxygens (including phenoxy) is 4. The molecule has 4 rings (SSSR count). The number of likely N-dealkylation sites (N-methyl/N-ethyl adjacent to an activating group) is 1. The van der Waals surface area contributed by atoms with Crippen LogP contribution in [0.15, 0.2) is 48.5 Å². The number of nitro groups is 1. The van der Waals surface area contributed by atoms with Crippen LogP contribution in [0.4, 0.5) is 17.1 Å². The number of nitrogens with one attached hydrogen (secondary N) is 1. The number of methoxy groups -OCH3 is 2. The average Bonchev–Trinajstić information content (AvgIpc) is 2.89. The second-order valence-corrected chi connectivity index (χ2v) is 9.51. The Morgan fingerprint density at radius 1 is 1.00 bits per heavy atom. The van der Waals surface area contributed by atoms with Crippen LogP contribution in [0.1, 0.15) is 25.0 Å². The molecule has 38 heavy (non-hydrogen) atoms. The van der Waals surface area contributed by atoms with Crippen LogP contribution in [0.3, 0.4) is 0 Å². The van der Waals surface area contributed by atoms with E-state index in [2.05, 4.69) is 5.32 Å². The highest BCUT2D eigenvalue weighted by molar-refractivity contribution is 6.08. The highest BCUT2D eigenvalue weighted by Gasteiger charge is 2.38. The zero-order chi connectivity index (χ0) is 27.6. The first-order valence-corrected chi connectivity index (χ1v) is 12.0. The average molecular weight is 522 g/mol. The smallest absolute Gasteiger partial charge is 0.273 e. The van der Waals surface area contributed by atoms with Gasteiger partial charge in [-0.05, 0) is 56.2 Å². The molecule has 3 aromatic carbocycles. The second-order valence-electron chi connectivity index (χ2n) is 9.51. The van der Waals surface area contributed by atoms with Crippen molar-refractivity contribution in [1.29, 1.82) is 0 Å². The molecule has 10 nitrogen and oxygen atoms in total. The monoisotopic (exact) mass is 521 g/mol. The summed E-state index contributed by atoms with van der Waals surface area (Å²) < 4.78 is 22.4. The zero-order valence-electron chi connectivity index (χ0n) is 22.3. The molecule has 1 heterocycles. The minimum absolute atomic E-state index is 0.0469. The van der Waals surface area contributed by atoms with Gasteiger partial charge in [-0.2, -0.15) is 0 Å². The molecule has 0 unspecified atom stereocenters. The summed E-state index contributed by atoms with van der Waals surface area (Å²) in [6.07, 6.45) is 0. The first-order chi connectivity index (χ1) is 18.1. The molecular formula is C28H31N3O7. The third-order valence-corrected chi connectivity index (χ3v) is 6.47. The fourth-order valence-corrected chi connectivity index (χ4v) is 4.55. The molecule has 200 valence electrons. The number of nitro benzene ring substituents is 1. The molecule has 0 saturated carbocycles. The minimum atomic E-state index is -0.796. The maximum atomic E-state index is 13.2. The van der Waals surface area contributed by atoms with Crippen molar-refractivity contribution in [3.05, 3.63) is 69.8 Å². The predicted molar refractivity (Wildman–Crippen MR) is 144 cm³/mol. The van der Waals surface area contributed by atoms with Crippen LogP contribution in [-0.2, 0) is 16.1 Å². The maximum absolute atomic E-state index is 13.2.